The molecule has 2 aromatic rings. The fraction of sp³-hybridized carbons (Fsp3) is 0.222. The molecule has 4 nitrogen and oxygen atoms in total. The van der Waals surface area contributed by atoms with E-state index >= 15 is 0 Å². The molecular weight excluding hydrogens is 274 g/mol. The van der Waals surface area contributed by atoms with Gasteiger partial charge in [-0.2, -0.15) is 5.26 Å². The second kappa shape index (κ2) is 7.28. The summed E-state index contributed by atoms with van der Waals surface area (Å²) in [6.07, 6.45) is 0. The van der Waals surface area contributed by atoms with E-state index in [1.165, 1.54) is 5.56 Å². The summed E-state index contributed by atoms with van der Waals surface area (Å²) in [5.41, 5.74) is 3.40. The van der Waals surface area contributed by atoms with E-state index in [-0.39, 0.29) is 12.5 Å². The Morgan fingerprint density at radius 2 is 1.86 bits per heavy atom. The molecule has 0 atom stereocenters. The van der Waals surface area contributed by atoms with E-state index in [2.05, 4.69) is 36.6 Å². The smallest absolute Gasteiger partial charge is 0.243 e. The molecule has 0 saturated heterocycles. The van der Waals surface area contributed by atoms with Gasteiger partial charge in [0.25, 0.3) is 0 Å². The summed E-state index contributed by atoms with van der Waals surface area (Å²) in [4.78, 5) is 12.0. The Morgan fingerprint density at radius 1 is 1.14 bits per heavy atom. The lowest BCUT2D eigenvalue weighted by Gasteiger charge is -2.10. The van der Waals surface area contributed by atoms with Crippen molar-refractivity contribution >= 4 is 17.3 Å². The zero-order valence-corrected chi connectivity index (χ0v) is 12.8. The Labute approximate surface area is 130 Å². The van der Waals surface area contributed by atoms with Crippen molar-refractivity contribution < 1.29 is 4.79 Å². The van der Waals surface area contributed by atoms with Crippen LogP contribution in [0.3, 0.4) is 0 Å². The molecular formula is C18H19N3O. The lowest BCUT2D eigenvalue weighted by atomic mass is 10.0. The molecule has 0 saturated carbocycles. The van der Waals surface area contributed by atoms with Crippen molar-refractivity contribution in [3.8, 4) is 6.07 Å². The van der Waals surface area contributed by atoms with Crippen LogP contribution >= 0.6 is 0 Å². The molecule has 2 rings (SSSR count). The molecule has 0 fully saturated rings. The number of nitrogens with zero attached hydrogens (tertiary/aromatic N) is 1. The highest BCUT2D eigenvalue weighted by Gasteiger charge is 2.04. The molecule has 0 unspecified atom stereocenters. The number of nitriles is 1. The summed E-state index contributed by atoms with van der Waals surface area (Å²) in [6, 6.07) is 16.9. The van der Waals surface area contributed by atoms with Crippen molar-refractivity contribution in [2.45, 2.75) is 19.8 Å². The molecule has 0 aliphatic rings. The minimum atomic E-state index is -0.106. The molecule has 0 bridgehead atoms. The Morgan fingerprint density at radius 3 is 2.50 bits per heavy atom. The highest BCUT2D eigenvalue weighted by molar-refractivity contribution is 5.93. The number of amides is 1. The van der Waals surface area contributed by atoms with E-state index in [0.717, 1.165) is 11.4 Å². The van der Waals surface area contributed by atoms with E-state index in [1.807, 2.05) is 18.2 Å². The van der Waals surface area contributed by atoms with Crippen LogP contribution in [0.1, 0.15) is 30.9 Å². The Bertz CT molecular complexity index is 684. The third kappa shape index (κ3) is 4.35. The number of rotatable bonds is 5. The summed E-state index contributed by atoms with van der Waals surface area (Å²) in [6.45, 7) is 4.42. The second-order valence-corrected chi connectivity index (χ2v) is 5.37. The van der Waals surface area contributed by atoms with Gasteiger partial charge in [0.05, 0.1) is 18.2 Å². The van der Waals surface area contributed by atoms with Crippen LogP contribution in [0.5, 0.6) is 0 Å². The van der Waals surface area contributed by atoms with E-state index in [9.17, 15) is 4.79 Å². The average molecular weight is 293 g/mol. The summed E-state index contributed by atoms with van der Waals surface area (Å²) in [5.74, 6) is 0.318. The van der Waals surface area contributed by atoms with Gasteiger partial charge >= 0.3 is 0 Å². The predicted molar refractivity (Wildman–Crippen MR) is 88.8 cm³/mol. The van der Waals surface area contributed by atoms with Crippen LogP contribution in [0.25, 0.3) is 0 Å². The molecule has 0 heterocycles. The largest absolute Gasteiger partial charge is 0.376 e. The lowest BCUT2D eigenvalue weighted by molar-refractivity contribution is -0.114. The molecule has 0 aromatic heterocycles. The highest BCUT2D eigenvalue weighted by Crippen LogP contribution is 2.18. The first-order valence-electron chi connectivity index (χ1n) is 7.22. The Kier molecular flexibility index (Phi) is 5.16. The molecule has 22 heavy (non-hydrogen) atoms. The molecule has 112 valence electrons. The molecule has 0 aliphatic heterocycles. The second-order valence-electron chi connectivity index (χ2n) is 5.37. The van der Waals surface area contributed by atoms with Gasteiger partial charge in [0.2, 0.25) is 5.91 Å². The van der Waals surface area contributed by atoms with Crippen LogP contribution in [-0.2, 0) is 4.79 Å². The third-order valence-corrected chi connectivity index (χ3v) is 3.30. The highest BCUT2D eigenvalue weighted by atomic mass is 16.1. The SMILES string of the molecule is CC(C)c1cccc(NC(=O)CNc2ccc(C#N)cc2)c1. The minimum absolute atomic E-state index is 0.106. The zero-order chi connectivity index (χ0) is 15.9. The van der Waals surface area contributed by atoms with E-state index in [0.29, 0.717) is 11.5 Å². The number of carbonyl (C=O) groups excluding carboxylic acids is 1. The normalized spacial score (nSPS) is 10.1. The summed E-state index contributed by atoms with van der Waals surface area (Å²) in [5, 5.41) is 14.6. The quantitative estimate of drug-likeness (QED) is 0.882. The first kappa shape index (κ1) is 15.6. The van der Waals surface area contributed by atoms with Crippen LogP contribution in [-0.4, -0.2) is 12.5 Å². The fourth-order valence-corrected chi connectivity index (χ4v) is 2.03. The lowest BCUT2D eigenvalue weighted by Crippen LogP contribution is -2.21. The van der Waals surface area contributed by atoms with Gasteiger partial charge in [0.1, 0.15) is 0 Å². The number of carbonyl (C=O) groups is 1. The van der Waals surface area contributed by atoms with Crippen molar-refractivity contribution in [1.29, 1.82) is 5.26 Å². The summed E-state index contributed by atoms with van der Waals surface area (Å²) in [7, 11) is 0. The number of anilines is 2. The average Bonchev–Trinajstić information content (AvgIpc) is 2.53. The van der Waals surface area contributed by atoms with Crippen LogP contribution < -0.4 is 10.6 Å². The van der Waals surface area contributed by atoms with E-state index < -0.39 is 0 Å². The van der Waals surface area contributed by atoms with Gasteiger partial charge in [0, 0.05) is 11.4 Å². The van der Waals surface area contributed by atoms with Gasteiger partial charge in [-0.3, -0.25) is 4.79 Å². The molecule has 0 radical (unpaired) electrons. The first-order chi connectivity index (χ1) is 10.6. The first-order valence-corrected chi connectivity index (χ1v) is 7.22. The molecule has 2 N–H and O–H groups in total. The predicted octanol–water partition coefficient (Wildman–Crippen LogP) is 3.73. The van der Waals surface area contributed by atoms with Crippen LogP contribution in [0, 0.1) is 11.3 Å². The van der Waals surface area contributed by atoms with Crippen molar-refractivity contribution in [2.24, 2.45) is 0 Å². The fourth-order valence-electron chi connectivity index (χ4n) is 2.03. The van der Waals surface area contributed by atoms with Gasteiger partial charge < -0.3 is 10.6 Å². The van der Waals surface area contributed by atoms with Gasteiger partial charge in [-0.15, -0.1) is 0 Å². The van der Waals surface area contributed by atoms with Crippen molar-refractivity contribution in [1.82, 2.24) is 0 Å². The molecule has 1 amide bonds. The number of nitrogens with one attached hydrogen (secondary N) is 2. The molecule has 2 aromatic carbocycles. The van der Waals surface area contributed by atoms with Gasteiger partial charge in [-0.25, -0.2) is 0 Å². The number of hydrogen-bond donors (Lipinski definition) is 2. The minimum Gasteiger partial charge on any atom is -0.376 e. The maximum Gasteiger partial charge on any atom is 0.243 e. The van der Waals surface area contributed by atoms with Crippen molar-refractivity contribution in [3.05, 3.63) is 59.7 Å². The van der Waals surface area contributed by atoms with E-state index in [1.54, 1.807) is 24.3 Å². The van der Waals surface area contributed by atoms with Gasteiger partial charge in [0.15, 0.2) is 0 Å². The summed E-state index contributed by atoms with van der Waals surface area (Å²) >= 11 is 0. The maximum atomic E-state index is 12.0. The van der Waals surface area contributed by atoms with E-state index in [4.69, 9.17) is 5.26 Å². The van der Waals surface area contributed by atoms with Crippen LogP contribution in [0.15, 0.2) is 48.5 Å². The Hall–Kier alpha value is -2.80. The Balaban J connectivity index is 1.90. The molecule has 4 heteroatoms. The van der Waals surface area contributed by atoms with Gasteiger partial charge in [-0.1, -0.05) is 26.0 Å². The van der Waals surface area contributed by atoms with Crippen LogP contribution in [0.2, 0.25) is 0 Å². The maximum absolute atomic E-state index is 12.0. The topological polar surface area (TPSA) is 64.9 Å². The monoisotopic (exact) mass is 293 g/mol. The number of hydrogen-bond acceptors (Lipinski definition) is 3. The number of benzene rings is 2. The van der Waals surface area contributed by atoms with Gasteiger partial charge in [-0.05, 0) is 47.9 Å². The standard InChI is InChI=1S/C18H19N3O/c1-13(2)15-4-3-5-17(10-15)21-18(22)12-20-16-8-6-14(11-19)7-9-16/h3-10,13,20H,12H2,1-2H3,(H,21,22). The summed E-state index contributed by atoms with van der Waals surface area (Å²) < 4.78 is 0. The van der Waals surface area contributed by atoms with Crippen molar-refractivity contribution in [2.75, 3.05) is 17.2 Å². The molecule has 0 spiro atoms. The third-order valence-electron chi connectivity index (χ3n) is 3.30. The molecule has 0 aliphatic carbocycles. The van der Waals surface area contributed by atoms with Crippen molar-refractivity contribution in [3.63, 3.8) is 0 Å². The van der Waals surface area contributed by atoms with Crippen LogP contribution in [0.4, 0.5) is 11.4 Å². The zero-order valence-electron chi connectivity index (χ0n) is 12.8.